The number of hydrogen-bond donors (Lipinski definition) is 2. The van der Waals surface area contributed by atoms with Crippen molar-refractivity contribution < 1.29 is 23.9 Å². The van der Waals surface area contributed by atoms with Gasteiger partial charge in [-0.3, -0.25) is 19.8 Å². The van der Waals surface area contributed by atoms with Crippen molar-refractivity contribution in [3.8, 4) is 0 Å². The van der Waals surface area contributed by atoms with E-state index in [0.717, 1.165) is 0 Å². The molecule has 20 heavy (non-hydrogen) atoms. The third kappa shape index (κ3) is 2.44. The molecular weight excluding hydrogens is 264 g/mol. The molecule has 1 aliphatic rings. The van der Waals surface area contributed by atoms with E-state index in [1.54, 1.807) is 25.7 Å². The highest BCUT2D eigenvalue weighted by atomic mass is 16.4. The van der Waals surface area contributed by atoms with Gasteiger partial charge < -0.3 is 9.52 Å². The second-order valence-corrected chi connectivity index (χ2v) is 5.29. The number of aromatic carboxylic acids is 1. The summed E-state index contributed by atoms with van der Waals surface area (Å²) in [4.78, 5) is 35.9. The zero-order valence-electron chi connectivity index (χ0n) is 11.5. The molecule has 0 aliphatic carbocycles. The Kier molecular flexibility index (Phi) is 3.39. The number of imide groups is 1. The molecule has 0 saturated carbocycles. The highest BCUT2D eigenvalue weighted by Gasteiger charge is 2.41. The maximum Gasteiger partial charge on any atom is 0.371 e. The predicted molar refractivity (Wildman–Crippen MR) is 68.0 cm³/mol. The van der Waals surface area contributed by atoms with E-state index in [1.165, 1.54) is 6.07 Å². The second kappa shape index (κ2) is 4.75. The van der Waals surface area contributed by atoms with E-state index >= 15 is 0 Å². The molecule has 108 valence electrons. The Bertz CT molecular complexity index is 588. The minimum atomic E-state index is -1.15. The van der Waals surface area contributed by atoms with Crippen LogP contribution in [-0.2, 0) is 16.1 Å². The first-order valence-corrected chi connectivity index (χ1v) is 6.13. The molecule has 2 heterocycles. The maximum absolute atomic E-state index is 11.8. The molecule has 1 fully saturated rings. The number of aryl methyl sites for hydroxylation is 1. The van der Waals surface area contributed by atoms with Gasteiger partial charge in [-0.2, -0.15) is 0 Å². The van der Waals surface area contributed by atoms with Gasteiger partial charge in [0.25, 0.3) is 0 Å². The quantitative estimate of drug-likeness (QED) is 0.783. The number of amides is 2. The standard InChI is InChI=1S/C13H16N2O5/c1-7-8(4-9(20-7)11(17)18)5-15-6-10(16)14-12(19)13(15,2)3/h4H,5-6H2,1-3H3,(H,17,18)(H,14,16,19). The first kappa shape index (κ1) is 14.3. The van der Waals surface area contributed by atoms with Crippen molar-refractivity contribution in [2.75, 3.05) is 6.54 Å². The molecule has 0 aromatic carbocycles. The van der Waals surface area contributed by atoms with Crippen molar-refractivity contribution in [1.29, 1.82) is 0 Å². The van der Waals surface area contributed by atoms with Crippen LogP contribution < -0.4 is 5.32 Å². The highest BCUT2D eigenvalue weighted by Crippen LogP contribution is 2.24. The van der Waals surface area contributed by atoms with E-state index in [9.17, 15) is 14.4 Å². The number of piperazine rings is 1. The lowest BCUT2D eigenvalue weighted by Crippen LogP contribution is -2.63. The second-order valence-electron chi connectivity index (χ2n) is 5.29. The van der Waals surface area contributed by atoms with E-state index in [-0.39, 0.29) is 30.7 Å². The number of nitrogens with one attached hydrogen (secondary N) is 1. The Balaban J connectivity index is 2.26. The molecule has 2 rings (SSSR count). The molecule has 1 saturated heterocycles. The number of furan rings is 1. The van der Waals surface area contributed by atoms with Gasteiger partial charge in [-0.1, -0.05) is 0 Å². The van der Waals surface area contributed by atoms with Crippen LogP contribution in [0.5, 0.6) is 0 Å². The Labute approximate surface area is 115 Å². The van der Waals surface area contributed by atoms with Crippen molar-refractivity contribution in [2.45, 2.75) is 32.9 Å². The monoisotopic (exact) mass is 280 g/mol. The van der Waals surface area contributed by atoms with E-state index in [1.807, 2.05) is 0 Å². The largest absolute Gasteiger partial charge is 0.475 e. The number of rotatable bonds is 3. The van der Waals surface area contributed by atoms with Gasteiger partial charge >= 0.3 is 5.97 Å². The molecule has 0 unspecified atom stereocenters. The molecule has 2 N–H and O–H groups in total. The molecule has 0 bridgehead atoms. The van der Waals surface area contributed by atoms with Crippen LogP contribution in [-0.4, -0.2) is 39.9 Å². The van der Waals surface area contributed by atoms with Gasteiger partial charge in [0.05, 0.1) is 12.1 Å². The number of carbonyl (C=O) groups is 3. The number of nitrogens with zero attached hydrogens (tertiary/aromatic N) is 1. The summed E-state index contributed by atoms with van der Waals surface area (Å²) in [5.74, 6) is -1.56. The molecule has 1 aliphatic heterocycles. The third-order valence-corrected chi connectivity index (χ3v) is 3.53. The minimum Gasteiger partial charge on any atom is -0.475 e. The lowest BCUT2D eigenvalue weighted by atomic mass is 9.98. The number of hydrogen-bond acceptors (Lipinski definition) is 5. The fraction of sp³-hybridized carbons (Fsp3) is 0.462. The van der Waals surface area contributed by atoms with Crippen molar-refractivity contribution in [2.24, 2.45) is 0 Å². The van der Waals surface area contributed by atoms with Crippen LogP contribution in [0, 0.1) is 6.92 Å². The summed E-state index contributed by atoms with van der Waals surface area (Å²) in [7, 11) is 0. The van der Waals surface area contributed by atoms with E-state index < -0.39 is 11.5 Å². The van der Waals surface area contributed by atoms with Gasteiger partial charge in [-0.25, -0.2) is 4.79 Å². The zero-order valence-corrected chi connectivity index (χ0v) is 11.5. The first-order valence-electron chi connectivity index (χ1n) is 6.13. The summed E-state index contributed by atoms with van der Waals surface area (Å²) in [6, 6.07) is 1.42. The van der Waals surface area contributed by atoms with Crippen LogP contribution in [0.1, 0.15) is 35.7 Å². The Morgan fingerprint density at radius 3 is 2.70 bits per heavy atom. The van der Waals surface area contributed by atoms with Crippen LogP contribution in [0.15, 0.2) is 10.5 Å². The highest BCUT2D eigenvalue weighted by molar-refractivity contribution is 6.02. The fourth-order valence-electron chi connectivity index (χ4n) is 2.08. The molecular formula is C13H16N2O5. The van der Waals surface area contributed by atoms with Crippen molar-refractivity contribution in [3.63, 3.8) is 0 Å². The topological polar surface area (TPSA) is 99.8 Å². The number of carboxylic acid groups (broad SMARTS) is 1. The normalized spacial score (nSPS) is 18.9. The van der Waals surface area contributed by atoms with E-state index in [2.05, 4.69) is 5.32 Å². The Morgan fingerprint density at radius 2 is 2.15 bits per heavy atom. The fourth-order valence-corrected chi connectivity index (χ4v) is 2.08. The first-order chi connectivity index (χ1) is 9.21. The summed E-state index contributed by atoms with van der Waals surface area (Å²) in [5, 5.41) is 11.2. The summed E-state index contributed by atoms with van der Waals surface area (Å²) in [6.45, 7) is 5.42. The SMILES string of the molecule is Cc1oc(C(=O)O)cc1CN1CC(=O)NC(=O)C1(C)C. The van der Waals surface area contributed by atoms with Gasteiger partial charge in [0.2, 0.25) is 17.6 Å². The predicted octanol–water partition coefficient (Wildman–Crippen LogP) is 0.523. The Hall–Kier alpha value is -2.15. The lowest BCUT2D eigenvalue weighted by molar-refractivity contribution is -0.145. The van der Waals surface area contributed by atoms with Crippen LogP contribution in [0.4, 0.5) is 0 Å². The molecule has 1 aromatic rings. The molecule has 7 heteroatoms. The summed E-state index contributed by atoms with van der Waals surface area (Å²) < 4.78 is 5.13. The molecule has 7 nitrogen and oxygen atoms in total. The summed E-state index contributed by atoms with van der Waals surface area (Å²) in [6.07, 6.45) is 0. The van der Waals surface area contributed by atoms with Gasteiger partial charge in [0, 0.05) is 12.1 Å². The maximum atomic E-state index is 11.8. The lowest BCUT2D eigenvalue weighted by Gasteiger charge is -2.39. The number of carbonyl (C=O) groups excluding carboxylic acids is 2. The summed E-state index contributed by atoms with van der Waals surface area (Å²) in [5.41, 5.74) is -0.195. The van der Waals surface area contributed by atoms with Crippen LogP contribution in [0.2, 0.25) is 0 Å². The Morgan fingerprint density at radius 1 is 1.50 bits per heavy atom. The molecule has 1 aromatic heterocycles. The van der Waals surface area contributed by atoms with Crippen LogP contribution >= 0.6 is 0 Å². The molecule has 0 spiro atoms. The molecule has 2 amide bonds. The van der Waals surface area contributed by atoms with Crippen molar-refractivity contribution >= 4 is 17.8 Å². The van der Waals surface area contributed by atoms with Gasteiger partial charge in [0.1, 0.15) is 5.76 Å². The zero-order chi connectivity index (χ0) is 15.1. The van der Waals surface area contributed by atoms with Crippen LogP contribution in [0.3, 0.4) is 0 Å². The van der Waals surface area contributed by atoms with Crippen molar-refractivity contribution in [3.05, 3.63) is 23.2 Å². The molecule has 0 radical (unpaired) electrons. The van der Waals surface area contributed by atoms with Crippen LogP contribution in [0.25, 0.3) is 0 Å². The number of carboxylic acids is 1. The summed E-state index contributed by atoms with van der Waals surface area (Å²) >= 11 is 0. The van der Waals surface area contributed by atoms with E-state index in [0.29, 0.717) is 11.3 Å². The van der Waals surface area contributed by atoms with Gasteiger partial charge in [0.15, 0.2) is 0 Å². The smallest absolute Gasteiger partial charge is 0.371 e. The van der Waals surface area contributed by atoms with Gasteiger partial charge in [-0.15, -0.1) is 0 Å². The van der Waals surface area contributed by atoms with E-state index in [4.69, 9.17) is 9.52 Å². The minimum absolute atomic E-state index is 0.0752. The average molecular weight is 280 g/mol. The third-order valence-electron chi connectivity index (χ3n) is 3.53. The van der Waals surface area contributed by atoms with Gasteiger partial charge in [-0.05, 0) is 26.8 Å². The molecule has 0 atom stereocenters. The average Bonchev–Trinajstić information content (AvgIpc) is 2.68. The van der Waals surface area contributed by atoms with Crippen molar-refractivity contribution in [1.82, 2.24) is 10.2 Å².